The lowest BCUT2D eigenvalue weighted by Crippen LogP contribution is -2.66. The van der Waals surface area contributed by atoms with Gasteiger partial charge in [-0.05, 0) is 135 Å². The van der Waals surface area contributed by atoms with Gasteiger partial charge in [0.1, 0.15) is 11.9 Å². The van der Waals surface area contributed by atoms with Gasteiger partial charge < -0.3 is 35.2 Å². The molecular weight excluding hydrogens is 634 g/mol. The first kappa shape index (κ1) is 34.8. The molecule has 9 nitrogen and oxygen atoms in total. The van der Waals surface area contributed by atoms with Crippen LogP contribution >= 0.6 is 0 Å². The van der Waals surface area contributed by atoms with Gasteiger partial charge in [0.05, 0.1) is 29.5 Å². The van der Waals surface area contributed by atoms with E-state index in [0.717, 1.165) is 43.2 Å². The Morgan fingerprint density at radius 3 is 2.54 bits per heavy atom. The van der Waals surface area contributed by atoms with Crippen LogP contribution in [0.25, 0.3) is 0 Å². The second kappa shape index (κ2) is 11.9. The molecule has 7 aliphatic rings. The lowest BCUT2D eigenvalue weighted by Gasteiger charge is -2.65. The summed E-state index contributed by atoms with van der Waals surface area (Å²) in [6.45, 7) is 9.02. The Bertz CT molecular complexity index is 1590. The van der Waals surface area contributed by atoms with E-state index in [1.807, 2.05) is 13.0 Å². The van der Waals surface area contributed by atoms with Crippen LogP contribution in [0.5, 0.6) is 5.75 Å². The van der Waals surface area contributed by atoms with Gasteiger partial charge in [0, 0.05) is 36.1 Å². The second-order valence-corrected chi connectivity index (χ2v) is 18.1. The van der Waals surface area contributed by atoms with Crippen molar-refractivity contribution >= 4 is 17.4 Å². The zero-order valence-electron chi connectivity index (χ0n) is 30.2. The molecule has 1 aromatic carbocycles. The van der Waals surface area contributed by atoms with E-state index in [9.17, 15) is 35.1 Å². The number of aryl methyl sites for hydroxylation is 1. The number of nitrogens with zero attached hydrogens (tertiary/aromatic N) is 1. The molecule has 9 heteroatoms. The Labute approximate surface area is 296 Å². The first-order valence-electron chi connectivity index (χ1n) is 19.5. The highest BCUT2D eigenvalue weighted by Crippen LogP contribution is 2.72. The zero-order valence-corrected chi connectivity index (χ0v) is 30.2. The normalized spacial score (nSPS) is 43.9. The summed E-state index contributed by atoms with van der Waals surface area (Å²) in [6, 6.07) is 5.35. The molecule has 5 aliphatic carbocycles. The Hall–Kier alpha value is -2.30. The maximum atomic E-state index is 14.3. The van der Waals surface area contributed by atoms with Crippen molar-refractivity contribution in [3.63, 3.8) is 0 Å². The van der Waals surface area contributed by atoms with Crippen LogP contribution in [0.2, 0.25) is 0 Å². The molecule has 1 aromatic rings. The maximum Gasteiger partial charge on any atom is 0.227 e. The predicted molar refractivity (Wildman–Crippen MR) is 187 cm³/mol. The number of hydrogen-bond acceptors (Lipinski definition) is 8. The van der Waals surface area contributed by atoms with E-state index in [4.69, 9.17) is 4.74 Å². The average Bonchev–Trinajstić information content (AvgIpc) is 3.67. The van der Waals surface area contributed by atoms with Gasteiger partial charge in [-0.15, -0.1) is 0 Å². The van der Waals surface area contributed by atoms with Gasteiger partial charge in [0.2, 0.25) is 5.91 Å². The predicted octanol–water partition coefficient (Wildman–Crippen LogP) is 4.84. The summed E-state index contributed by atoms with van der Waals surface area (Å²) in [4.78, 5) is 28.6. The number of fused-ring (bicyclic) bond motifs is 3. The van der Waals surface area contributed by atoms with Crippen molar-refractivity contribution in [3.8, 4) is 5.75 Å². The lowest BCUT2D eigenvalue weighted by molar-refractivity contribution is -0.194. The van der Waals surface area contributed by atoms with Crippen molar-refractivity contribution in [2.45, 2.75) is 140 Å². The number of phenols is 1. The van der Waals surface area contributed by atoms with Crippen LogP contribution in [-0.4, -0.2) is 79.4 Å². The Balaban J connectivity index is 1.19. The number of allylic oxidation sites excluding steroid dienone is 1. The number of aliphatic hydroxyl groups excluding tert-OH is 2. The highest BCUT2D eigenvalue weighted by Gasteiger charge is 2.73. The van der Waals surface area contributed by atoms with Gasteiger partial charge in [-0.3, -0.25) is 9.59 Å². The summed E-state index contributed by atoms with van der Waals surface area (Å²) in [6.07, 6.45) is 6.95. The first-order valence-corrected chi connectivity index (χ1v) is 19.5. The average molecular weight is 692 g/mol. The number of epoxide rings is 1. The topological polar surface area (TPSA) is 151 Å². The molecule has 1 amide bonds. The molecule has 50 heavy (non-hydrogen) atoms. The highest BCUT2D eigenvalue weighted by molar-refractivity contribution is 5.96. The molecule has 6 fully saturated rings. The van der Waals surface area contributed by atoms with Crippen LogP contribution in [0.3, 0.4) is 0 Å². The van der Waals surface area contributed by atoms with Crippen molar-refractivity contribution in [1.29, 1.82) is 0 Å². The number of carbonyl (C=O) groups is 2. The van der Waals surface area contributed by atoms with Crippen molar-refractivity contribution in [3.05, 3.63) is 35.4 Å². The number of amides is 1. The van der Waals surface area contributed by atoms with E-state index >= 15 is 0 Å². The van der Waals surface area contributed by atoms with Crippen molar-refractivity contribution in [2.75, 3.05) is 11.4 Å². The molecule has 2 aliphatic heterocycles. The lowest BCUT2D eigenvalue weighted by atomic mass is 9.40. The number of phenolic OH excluding ortho intramolecular Hbond substituents is 1. The van der Waals surface area contributed by atoms with Crippen molar-refractivity contribution < 1.29 is 39.9 Å². The fourth-order valence-corrected chi connectivity index (χ4v) is 12.9. The van der Waals surface area contributed by atoms with Crippen molar-refractivity contribution in [2.24, 2.45) is 46.3 Å². The summed E-state index contributed by atoms with van der Waals surface area (Å²) in [5.41, 5.74) is -1.53. The fraction of sp³-hybridized carbons (Fsp3) is 0.756. The second-order valence-electron chi connectivity index (χ2n) is 18.1. The van der Waals surface area contributed by atoms with Crippen LogP contribution in [0.4, 0.5) is 5.69 Å². The van der Waals surface area contributed by atoms with Gasteiger partial charge in [0.15, 0.2) is 5.78 Å². The molecule has 5 N–H and O–H groups in total. The van der Waals surface area contributed by atoms with E-state index in [-0.39, 0.29) is 59.2 Å². The number of aliphatic hydroxyl groups is 4. The number of hydrogen-bond donors (Lipinski definition) is 5. The summed E-state index contributed by atoms with van der Waals surface area (Å²) in [5.74, 6) is -0.254. The molecule has 0 aromatic heterocycles. The molecule has 4 saturated carbocycles. The number of ether oxygens (including phenoxy) is 1. The summed E-state index contributed by atoms with van der Waals surface area (Å²) < 4.78 is 6.28. The minimum absolute atomic E-state index is 0.0319. The summed E-state index contributed by atoms with van der Waals surface area (Å²) in [5, 5.41) is 58.9. The monoisotopic (exact) mass is 691 g/mol. The molecule has 2 bridgehead atoms. The smallest absolute Gasteiger partial charge is 0.227 e. The van der Waals surface area contributed by atoms with Gasteiger partial charge >= 0.3 is 0 Å². The van der Waals surface area contributed by atoms with E-state index in [2.05, 4.69) is 20.8 Å². The van der Waals surface area contributed by atoms with E-state index < -0.39 is 34.2 Å². The quantitative estimate of drug-likeness (QED) is 0.243. The number of anilines is 1. The number of rotatable bonds is 8. The molecule has 274 valence electrons. The largest absolute Gasteiger partial charge is 0.508 e. The Morgan fingerprint density at radius 1 is 1.04 bits per heavy atom. The van der Waals surface area contributed by atoms with Crippen LogP contribution in [0, 0.1) is 46.3 Å². The third-order valence-electron chi connectivity index (χ3n) is 15.5. The van der Waals surface area contributed by atoms with E-state index in [0.29, 0.717) is 63.1 Å². The molecule has 13 atom stereocenters. The minimum atomic E-state index is -1.35. The summed E-state index contributed by atoms with van der Waals surface area (Å²) in [7, 11) is 0. The number of benzene rings is 1. The number of aromatic hydroxyl groups is 1. The molecule has 0 spiro atoms. The van der Waals surface area contributed by atoms with Gasteiger partial charge in [-0.2, -0.15) is 0 Å². The minimum Gasteiger partial charge on any atom is -0.508 e. The van der Waals surface area contributed by atoms with Crippen LogP contribution in [0.15, 0.2) is 29.8 Å². The highest BCUT2D eigenvalue weighted by atomic mass is 16.6. The standard InChI is InChI=1S/C41H57NO8/c1-22(2)23(3)36-37(50-36)38(4,48)32-11-15-41(49)29-20-30(44)34-27-7-5-12-39(34,21-31(45)35(27)47)28(29)10-14-40(32,41)13-9-24-17-25(19-26(43)18-24)42-16-6-8-33(42)46/h17-20,22-23,27-28,31-32,34-37,43,45,47-49H,5-16,21H2,1-4H3. The molecule has 0 radical (unpaired) electrons. The van der Waals surface area contributed by atoms with Gasteiger partial charge in [0.25, 0.3) is 0 Å². The number of ketones is 1. The van der Waals surface area contributed by atoms with E-state index in [1.54, 1.807) is 23.1 Å². The first-order chi connectivity index (χ1) is 23.6. The van der Waals surface area contributed by atoms with Crippen molar-refractivity contribution in [1.82, 2.24) is 0 Å². The van der Waals surface area contributed by atoms with Crippen LogP contribution < -0.4 is 4.90 Å². The molecule has 2 heterocycles. The van der Waals surface area contributed by atoms with E-state index in [1.165, 1.54) is 0 Å². The molecule has 13 unspecified atom stereocenters. The number of carbonyl (C=O) groups excluding carboxylic acids is 2. The Morgan fingerprint density at radius 2 is 1.82 bits per heavy atom. The third kappa shape index (κ3) is 4.89. The summed E-state index contributed by atoms with van der Waals surface area (Å²) >= 11 is 0. The fourth-order valence-electron chi connectivity index (χ4n) is 12.9. The molecule has 2 saturated heterocycles. The van der Waals surface area contributed by atoms with Crippen LogP contribution in [0.1, 0.15) is 104 Å². The molecular formula is C41H57NO8. The third-order valence-corrected chi connectivity index (χ3v) is 15.5. The van der Waals surface area contributed by atoms with Crippen LogP contribution in [-0.2, 0) is 20.7 Å². The Kier molecular flexibility index (Phi) is 8.24. The van der Waals surface area contributed by atoms with Gasteiger partial charge in [-0.1, -0.05) is 27.2 Å². The van der Waals surface area contributed by atoms with Gasteiger partial charge in [-0.25, -0.2) is 0 Å². The maximum absolute atomic E-state index is 14.3. The molecule has 8 rings (SSSR count). The zero-order chi connectivity index (χ0) is 35.5. The SMILES string of the molecule is CC(C)C(C)C1OC1C(C)(O)C1CCC2(O)C3=CC(=O)C4C5CCCC4(CC(O)C5O)C3CCC12CCc1cc(O)cc(N2CCCC2=O)c1.